The van der Waals surface area contributed by atoms with Crippen LogP contribution in [0, 0.1) is 12.8 Å². The van der Waals surface area contributed by atoms with Crippen molar-refractivity contribution < 1.29 is 18.7 Å². The molecular weight excluding hydrogens is 320 g/mol. The maximum absolute atomic E-state index is 12.4. The summed E-state index contributed by atoms with van der Waals surface area (Å²) in [7, 11) is 0. The third kappa shape index (κ3) is 4.27. The van der Waals surface area contributed by atoms with Crippen molar-refractivity contribution in [1.82, 2.24) is 10.3 Å². The second-order valence-electron chi connectivity index (χ2n) is 6.66. The molecule has 6 heteroatoms. The first-order valence-corrected chi connectivity index (χ1v) is 8.54. The lowest BCUT2D eigenvalue weighted by atomic mass is 10.0. The molecule has 0 radical (unpaired) electrons. The lowest BCUT2D eigenvalue weighted by molar-refractivity contribution is -0.153. The third-order valence-electron chi connectivity index (χ3n) is 4.33. The van der Waals surface area contributed by atoms with Gasteiger partial charge in [-0.2, -0.15) is 0 Å². The Balaban J connectivity index is 1.57. The number of carbonyl (C=O) groups is 1. The number of amides is 1. The van der Waals surface area contributed by atoms with Crippen molar-refractivity contribution in [2.24, 2.45) is 5.92 Å². The first-order chi connectivity index (χ1) is 12.0. The molecule has 2 aromatic rings. The molecule has 1 fully saturated rings. The predicted octanol–water partition coefficient (Wildman–Crippen LogP) is 3.17. The number of rotatable bonds is 6. The Morgan fingerprint density at radius 3 is 2.72 bits per heavy atom. The molecule has 1 saturated heterocycles. The van der Waals surface area contributed by atoms with Gasteiger partial charge >= 0.3 is 0 Å². The van der Waals surface area contributed by atoms with Gasteiger partial charge in [-0.15, -0.1) is 0 Å². The third-order valence-corrected chi connectivity index (χ3v) is 4.33. The van der Waals surface area contributed by atoms with E-state index in [1.165, 1.54) is 0 Å². The molecule has 3 rings (SSSR count). The van der Waals surface area contributed by atoms with Gasteiger partial charge in [0.25, 0.3) is 5.91 Å². The molecule has 1 N–H and O–H groups in total. The van der Waals surface area contributed by atoms with E-state index >= 15 is 0 Å². The number of nitrogens with zero attached hydrogens (tertiary/aromatic N) is 1. The molecule has 0 aromatic carbocycles. The number of aromatic nitrogens is 1. The average molecular weight is 344 g/mol. The second-order valence-corrected chi connectivity index (χ2v) is 6.66. The van der Waals surface area contributed by atoms with E-state index in [4.69, 9.17) is 13.9 Å². The van der Waals surface area contributed by atoms with Crippen molar-refractivity contribution in [2.75, 3.05) is 19.8 Å². The molecule has 0 spiro atoms. The monoisotopic (exact) mass is 344 g/mol. The lowest BCUT2D eigenvalue weighted by Crippen LogP contribution is -2.34. The first-order valence-electron chi connectivity index (χ1n) is 8.54. The molecule has 0 bridgehead atoms. The molecule has 1 unspecified atom stereocenters. The van der Waals surface area contributed by atoms with Gasteiger partial charge in [0.2, 0.25) is 0 Å². The summed E-state index contributed by atoms with van der Waals surface area (Å²) >= 11 is 0. The number of furan rings is 1. The van der Waals surface area contributed by atoms with Crippen LogP contribution in [0.4, 0.5) is 0 Å². The van der Waals surface area contributed by atoms with E-state index in [1.807, 2.05) is 26.0 Å². The van der Waals surface area contributed by atoms with Crippen molar-refractivity contribution in [1.29, 1.82) is 0 Å². The second kappa shape index (κ2) is 7.37. The number of aryl methyl sites for hydroxylation is 1. The molecule has 134 valence electrons. The van der Waals surface area contributed by atoms with Crippen LogP contribution in [0.25, 0.3) is 11.5 Å². The molecule has 2 aromatic heterocycles. The molecule has 1 aliphatic heterocycles. The van der Waals surface area contributed by atoms with Gasteiger partial charge in [-0.1, -0.05) is 6.92 Å². The number of ether oxygens (including phenoxy) is 2. The van der Waals surface area contributed by atoms with Crippen molar-refractivity contribution in [3.05, 3.63) is 41.8 Å². The van der Waals surface area contributed by atoms with Crippen LogP contribution in [0.15, 0.2) is 34.9 Å². The summed E-state index contributed by atoms with van der Waals surface area (Å²) in [5.41, 5.74) is 1.96. The SMILES string of the molecule is Cc1nc(-c2ccco2)ccc1C(=O)NCC(C)CC1(C)OCCO1. The van der Waals surface area contributed by atoms with Gasteiger partial charge in [-0.3, -0.25) is 4.79 Å². The Kier molecular flexibility index (Phi) is 5.20. The van der Waals surface area contributed by atoms with Gasteiger partial charge in [0.1, 0.15) is 5.69 Å². The Bertz CT molecular complexity index is 721. The van der Waals surface area contributed by atoms with E-state index in [2.05, 4.69) is 17.2 Å². The van der Waals surface area contributed by atoms with E-state index < -0.39 is 5.79 Å². The van der Waals surface area contributed by atoms with Gasteiger partial charge < -0.3 is 19.2 Å². The van der Waals surface area contributed by atoms with E-state index in [9.17, 15) is 4.79 Å². The van der Waals surface area contributed by atoms with Crippen molar-refractivity contribution in [3.8, 4) is 11.5 Å². The average Bonchev–Trinajstić information content (AvgIpc) is 3.24. The minimum atomic E-state index is -0.535. The van der Waals surface area contributed by atoms with Crippen molar-refractivity contribution in [3.63, 3.8) is 0 Å². The number of nitrogens with one attached hydrogen (secondary N) is 1. The largest absolute Gasteiger partial charge is 0.463 e. The van der Waals surface area contributed by atoms with Gasteiger partial charge in [0.05, 0.1) is 30.7 Å². The normalized spacial score (nSPS) is 17.4. The highest BCUT2D eigenvalue weighted by molar-refractivity contribution is 5.95. The van der Waals surface area contributed by atoms with Gasteiger partial charge in [-0.05, 0) is 44.0 Å². The fourth-order valence-electron chi connectivity index (χ4n) is 3.10. The zero-order valence-corrected chi connectivity index (χ0v) is 14.9. The van der Waals surface area contributed by atoms with Gasteiger partial charge in [0.15, 0.2) is 11.5 Å². The van der Waals surface area contributed by atoms with Crippen LogP contribution in [0.5, 0.6) is 0 Å². The smallest absolute Gasteiger partial charge is 0.253 e. The molecule has 6 nitrogen and oxygen atoms in total. The fourth-order valence-corrected chi connectivity index (χ4v) is 3.10. The Morgan fingerprint density at radius 1 is 1.32 bits per heavy atom. The summed E-state index contributed by atoms with van der Waals surface area (Å²) in [6.45, 7) is 7.65. The molecule has 0 aliphatic carbocycles. The predicted molar refractivity (Wildman–Crippen MR) is 93.1 cm³/mol. The highest BCUT2D eigenvalue weighted by Gasteiger charge is 2.32. The van der Waals surface area contributed by atoms with Crippen LogP contribution in [-0.4, -0.2) is 36.4 Å². The number of pyridine rings is 1. The van der Waals surface area contributed by atoms with Crippen molar-refractivity contribution >= 4 is 5.91 Å². The highest BCUT2D eigenvalue weighted by Crippen LogP contribution is 2.26. The minimum absolute atomic E-state index is 0.124. The molecule has 0 saturated carbocycles. The zero-order chi connectivity index (χ0) is 17.9. The van der Waals surface area contributed by atoms with Crippen LogP contribution in [0.2, 0.25) is 0 Å². The van der Waals surface area contributed by atoms with Crippen molar-refractivity contribution in [2.45, 2.75) is 33.0 Å². The number of hydrogen-bond acceptors (Lipinski definition) is 5. The van der Waals surface area contributed by atoms with Crippen LogP contribution in [0.1, 0.15) is 36.3 Å². The number of carbonyl (C=O) groups excluding carboxylic acids is 1. The Morgan fingerprint density at radius 2 is 2.08 bits per heavy atom. The summed E-state index contributed by atoms with van der Waals surface area (Å²) in [4.78, 5) is 16.9. The zero-order valence-electron chi connectivity index (χ0n) is 14.9. The number of hydrogen-bond donors (Lipinski definition) is 1. The maximum atomic E-state index is 12.4. The lowest BCUT2D eigenvalue weighted by Gasteiger charge is -2.26. The molecule has 1 aliphatic rings. The Labute approximate surface area is 147 Å². The molecular formula is C19H24N2O4. The van der Waals surface area contributed by atoms with E-state index in [0.717, 1.165) is 12.1 Å². The Hall–Kier alpha value is -2.18. The van der Waals surface area contributed by atoms with Crippen LogP contribution in [-0.2, 0) is 9.47 Å². The quantitative estimate of drug-likeness (QED) is 0.871. The summed E-state index contributed by atoms with van der Waals surface area (Å²) in [6, 6.07) is 7.24. The van der Waals surface area contributed by atoms with Crippen LogP contribution < -0.4 is 5.32 Å². The summed E-state index contributed by atoms with van der Waals surface area (Å²) in [5.74, 6) is 0.268. The minimum Gasteiger partial charge on any atom is -0.463 e. The van der Waals surface area contributed by atoms with Crippen LogP contribution in [0.3, 0.4) is 0 Å². The first kappa shape index (κ1) is 17.6. The van der Waals surface area contributed by atoms with E-state index in [-0.39, 0.29) is 11.8 Å². The topological polar surface area (TPSA) is 73.6 Å². The summed E-state index contributed by atoms with van der Waals surface area (Å²) in [6.07, 6.45) is 2.34. The summed E-state index contributed by atoms with van der Waals surface area (Å²) in [5, 5.41) is 2.97. The van der Waals surface area contributed by atoms with Crippen LogP contribution >= 0.6 is 0 Å². The molecule has 1 amide bonds. The molecule has 25 heavy (non-hydrogen) atoms. The fraction of sp³-hybridized carbons (Fsp3) is 0.474. The van der Waals surface area contributed by atoms with Gasteiger partial charge in [-0.25, -0.2) is 4.98 Å². The molecule has 3 heterocycles. The van der Waals surface area contributed by atoms with E-state index in [1.54, 1.807) is 18.4 Å². The molecule has 1 atom stereocenters. The van der Waals surface area contributed by atoms with Gasteiger partial charge in [0, 0.05) is 13.0 Å². The maximum Gasteiger partial charge on any atom is 0.253 e. The van der Waals surface area contributed by atoms with E-state index in [0.29, 0.717) is 36.8 Å². The standard InChI is InChI=1S/C19H24N2O4/c1-13(11-19(3)24-9-10-25-19)12-20-18(22)15-6-7-16(21-14(15)2)17-5-4-8-23-17/h4-8,13H,9-12H2,1-3H3,(H,20,22). The summed E-state index contributed by atoms with van der Waals surface area (Å²) < 4.78 is 16.6. The highest BCUT2D eigenvalue weighted by atomic mass is 16.7.